The molecule has 1 heterocycles. The number of hydrogen-bond donors (Lipinski definition) is 1. The van der Waals surface area contributed by atoms with Gasteiger partial charge in [0.2, 0.25) is 0 Å². The number of nitrogens with one attached hydrogen (secondary N) is 1. The van der Waals surface area contributed by atoms with E-state index in [1.165, 1.54) is 11.8 Å². The predicted molar refractivity (Wildman–Crippen MR) is 116 cm³/mol. The average Bonchev–Trinajstić information content (AvgIpc) is 2.71. The maximum absolute atomic E-state index is 12.2. The van der Waals surface area contributed by atoms with E-state index in [-0.39, 0.29) is 5.91 Å². The quantitative estimate of drug-likeness (QED) is 0.488. The molecule has 3 aromatic rings. The second-order valence-electron chi connectivity index (χ2n) is 6.79. The van der Waals surface area contributed by atoms with Crippen molar-refractivity contribution >= 4 is 29.3 Å². The highest BCUT2D eigenvalue weighted by Gasteiger charge is 2.11. The van der Waals surface area contributed by atoms with Crippen LogP contribution in [0.25, 0.3) is 0 Å². The number of aromatic nitrogens is 2. The highest BCUT2D eigenvalue weighted by atomic mass is 35.5. The molecule has 1 aromatic heterocycles. The molecule has 0 saturated carbocycles. The van der Waals surface area contributed by atoms with Crippen molar-refractivity contribution in [2.75, 3.05) is 6.54 Å². The zero-order valence-corrected chi connectivity index (χ0v) is 17.8. The van der Waals surface area contributed by atoms with E-state index in [1.54, 1.807) is 36.7 Å². The van der Waals surface area contributed by atoms with Gasteiger partial charge in [0.05, 0.1) is 0 Å². The number of carbonyl (C=O) groups is 1. The zero-order valence-electron chi connectivity index (χ0n) is 16.3. The average molecular weight is 428 g/mol. The Morgan fingerprint density at radius 3 is 2.45 bits per heavy atom. The number of amides is 1. The van der Waals surface area contributed by atoms with Crippen molar-refractivity contribution in [3.63, 3.8) is 0 Å². The summed E-state index contributed by atoms with van der Waals surface area (Å²) in [5.41, 5.74) is 0.594. The number of benzene rings is 2. The van der Waals surface area contributed by atoms with Gasteiger partial charge in [-0.1, -0.05) is 37.2 Å². The molecule has 7 heteroatoms. The molecule has 150 valence electrons. The minimum Gasteiger partial charge on any atom is -0.437 e. The van der Waals surface area contributed by atoms with Crippen LogP contribution in [0.4, 0.5) is 0 Å². The van der Waals surface area contributed by atoms with Crippen LogP contribution in [-0.4, -0.2) is 22.4 Å². The topological polar surface area (TPSA) is 64.1 Å². The van der Waals surface area contributed by atoms with Crippen molar-refractivity contribution in [3.05, 3.63) is 71.5 Å². The third-order valence-electron chi connectivity index (χ3n) is 4.00. The van der Waals surface area contributed by atoms with Gasteiger partial charge in [-0.15, -0.1) is 0 Å². The Bertz CT molecular complexity index is 947. The van der Waals surface area contributed by atoms with Crippen LogP contribution in [0.15, 0.2) is 70.8 Å². The van der Waals surface area contributed by atoms with Crippen LogP contribution in [0.5, 0.6) is 11.6 Å². The van der Waals surface area contributed by atoms with E-state index in [1.807, 2.05) is 24.3 Å². The number of hydrogen-bond acceptors (Lipinski definition) is 5. The first kappa shape index (κ1) is 21.1. The summed E-state index contributed by atoms with van der Waals surface area (Å²) in [6.07, 6.45) is 4.15. The number of ether oxygens (including phenoxy) is 1. The van der Waals surface area contributed by atoms with Gasteiger partial charge >= 0.3 is 0 Å². The third kappa shape index (κ3) is 6.48. The van der Waals surface area contributed by atoms with Crippen molar-refractivity contribution in [2.24, 2.45) is 5.92 Å². The molecule has 29 heavy (non-hydrogen) atoms. The molecule has 0 fully saturated rings. The maximum atomic E-state index is 12.2. The highest BCUT2D eigenvalue weighted by molar-refractivity contribution is 7.99. The summed E-state index contributed by atoms with van der Waals surface area (Å²) < 4.78 is 5.90. The second kappa shape index (κ2) is 10.3. The summed E-state index contributed by atoms with van der Waals surface area (Å²) in [6, 6.07) is 14.5. The van der Waals surface area contributed by atoms with Crippen LogP contribution in [0, 0.1) is 5.92 Å². The summed E-state index contributed by atoms with van der Waals surface area (Å²) in [4.78, 5) is 21.8. The first-order valence-electron chi connectivity index (χ1n) is 9.32. The summed E-state index contributed by atoms with van der Waals surface area (Å²) in [6.45, 7) is 4.92. The molecule has 1 amide bonds. The van der Waals surface area contributed by atoms with Crippen LogP contribution in [0.3, 0.4) is 0 Å². The zero-order chi connectivity index (χ0) is 20.6. The van der Waals surface area contributed by atoms with Crippen LogP contribution in [-0.2, 0) is 0 Å². The fourth-order valence-electron chi connectivity index (χ4n) is 2.43. The van der Waals surface area contributed by atoms with Gasteiger partial charge in [0, 0.05) is 34.4 Å². The fourth-order valence-corrected chi connectivity index (χ4v) is 3.35. The van der Waals surface area contributed by atoms with Gasteiger partial charge in [-0.25, -0.2) is 9.97 Å². The molecule has 5 nitrogen and oxygen atoms in total. The van der Waals surface area contributed by atoms with Crippen molar-refractivity contribution < 1.29 is 9.53 Å². The van der Waals surface area contributed by atoms with Crippen LogP contribution >= 0.6 is 23.4 Å². The SMILES string of the molecule is CC(C)CCNC(=O)c1ccc(Oc2nccnc2Sc2ccc(Cl)cc2)cc1. The number of nitrogens with zero attached hydrogens (tertiary/aromatic N) is 2. The lowest BCUT2D eigenvalue weighted by Crippen LogP contribution is -2.25. The first-order valence-corrected chi connectivity index (χ1v) is 10.5. The summed E-state index contributed by atoms with van der Waals surface area (Å²) >= 11 is 7.38. The first-order chi connectivity index (χ1) is 14.0. The Labute approximate surface area is 179 Å². The summed E-state index contributed by atoms with van der Waals surface area (Å²) in [7, 11) is 0. The van der Waals surface area contributed by atoms with Crippen LogP contribution < -0.4 is 10.1 Å². The van der Waals surface area contributed by atoms with Gasteiger partial charge in [0.25, 0.3) is 11.8 Å². The molecule has 0 aliphatic carbocycles. The molecule has 0 atom stereocenters. The van der Waals surface area contributed by atoms with E-state index in [0.717, 1.165) is 11.3 Å². The largest absolute Gasteiger partial charge is 0.437 e. The smallest absolute Gasteiger partial charge is 0.252 e. The number of halogens is 1. The Morgan fingerprint density at radius 1 is 1.07 bits per heavy atom. The molecule has 0 radical (unpaired) electrons. The Hall–Kier alpha value is -2.57. The lowest BCUT2D eigenvalue weighted by atomic mass is 10.1. The summed E-state index contributed by atoms with van der Waals surface area (Å²) in [5, 5.41) is 4.25. The lowest BCUT2D eigenvalue weighted by Gasteiger charge is -2.10. The van der Waals surface area contributed by atoms with E-state index >= 15 is 0 Å². The van der Waals surface area contributed by atoms with Gasteiger partial charge in [-0.05, 0) is 60.9 Å². The Kier molecular flexibility index (Phi) is 7.49. The summed E-state index contributed by atoms with van der Waals surface area (Å²) in [5.74, 6) is 1.46. The molecule has 3 rings (SSSR count). The standard InChI is InChI=1S/C22H22ClN3O2S/c1-15(2)11-12-24-20(27)16-3-7-18(8-4-16)28-21-22(26-14-13-25-21)29-19-9-5-17(23)6-10-19/h3-10,13-15H,11-12H2,1-2H3,(H,24,27). The minimum atomic E-state index is -0.0873. The lowest BCUT2D eigenvalue weighted by molar-refractivity contribution is 0.0952. The molecule has 1 N–H and O–H groups in total. The van der Waals surface area contributed by atoms with Gasteiger partial charge in [0.1, 0.15) is 5.75 Å². The van der Waals surface area contributed by atoms with E-state index in [0.29, 0.717) is 39.7 Å². The number of rotatable bonds is 8. The molecular formula is C22H22ClN3O2S. The molecule has 0 saturated heterocycles. The van der Waals surface area contributed by atoms with E-state index in [4.69, 9.17) is 16.3 Å². The molecule has 0 spiro atoms. The second-order valence-corrected chi connectivity index (χ2v) is 8.29. The monoisotopic (exact) mass is 427 g/mol. The van der Waals surface area contributed by atoms with Crippen LogP contribution in [0.1, 0.15) is 30.6 Å². The molecule has 0 bridgehead atoms. The predicted octanol–water partition coefficient (Wildman–Crippen LogP) is 5.85. The molecular weight excluding hydrogens is 406 g/mol. The fraction of sp³-hybridized carbons (Fsp3) is 0.227. The van der Waals surface area contributed by atoms with E-state index in [2.05, 4.69) is 29.1 Å². The van der Waals surface area contributed by atoms with E-state index in [9.17, 15) is 4.79 Å². The van der Waals surface area contributed by atoms with Crippen LogP contribution in [0.2, 0.25) is 5.02 Å². The Morgan fingerprint density at radius 2 is 1.76 bits per heavy atom. The number of carbonyl (C=O) groups excluding carboxylic acids is 1. The molecule has 0 unspecified atom stereocenters. The minimum absolute atomic E-state index is 0.0873. The van der Waals surface area contributed by atoms with E-state index < -0.39 is 0 Å². The highest BCUT2D eigenvalue weighted by Crippen LogP contribution is 2.34. The molecule has 0 aliphatic heterocycles. The van der Waals surface area contributed by atoms with Crippen molar-refractivity contribution in [2.45, 2.75) is 30.2 Å². The van der Waals surface area contributed by atoms with Crippen molar-refractivity contribution in [3.8, 4) is 11.6 Å². The van der Waals surface area contributed by atoms with Gasteiger partial charge in [0.15, 0.2) is 5.03 Å². The van der Waals surface area contributed by atoms with Gasteiger partial charge < -0.3 is 10.1 Å². The van der Waals surface area contributed by atoms with Crippen molar-refractivity contribution in [1.29, 1.82) is 0 Å². The normalized spacial score (nSPS) is 10.8. The molecule has 0 aliphatic rings. The Balaban J connectivity index is 1.66. The molecule has 2 aromatic carbocycles. The third-order valence-corrected chi connectivity index (χ3v) is 5.23. The van der Waals surface area contributed by atoms with Gasteiger partial charge in [-0.3, -0.25) is 4.79 Å². The maximum Gasteiger partial charge on any atom is 0.252 e. The van der Waals surface area contributed by atoms with Gasteiger partial charge in [-0.2, -0.15) is 0 Å². The van der Waals surface area contributed by atoms with Crippen molar-refractivity contribution in [1.82, 2.24) is 15.3 Å².